The number of para-hydroxylation sites is 1. The Balaban J connectivity index is 1.40. The summed E-state index contributed by atoms with van der Waals surface area (Å²) in [5.74, 6) is -2.19. The van der Waals surface area contributed by atoms with Crippen molar-refractivity contribution in [2.45, 2.75) is 29.5 Å². The number of benzene rings is 2. The lowest BCUT2D eigenvalue weighted by molar-refractivity contribution is -0.114. The molecule has 150 valence electrons. The minimum atomic E-state index is -2.55. The molecule has 0 atom stereocenters. The van der Waals surface area contributed by atoms with Crippen LogP contribution in [0.4, 0.5) is 20.2 Å². The number of carbonyl (C=O) groups excluding carboxylic acids is 1. The lowest BCUT2D eigenvalue weighted by atomic mass is 10.2. The zero-order valence-electron chi connectivity index (χ0n) is 15.3. The summed E-state index contributed by atoms with van der Waals surface area (Å²) in [5, 5.41) is 17.6. The van der Waals surface area contributed by atoms with Crippen LogP contribution >= 0.6 is 11.8 Å². The Labute approximate surface area is 169 Å². The van der Waals surface area contributed by atoms with Gasteiger partial charge in [-0.15, -0.1) is 5.10 Å². The van der Waals surface area contributed by atoms with Gasteiger partial charge in [-0.25, -0.2) is 4.68 Å². The summed E-state index contributed by atoms with van der Waals surface area (Å²) < 4.78 is 27.2. The molecule has 7 nitrogen and oxygen atoms in total. The number of anilines is 2. The zero-order valence-corrected chi connectivity index (χ0v) is 16.1. The maximum absolute atomic E-state index is 12.7. The molecule has 1 fully saturated rings. The molecule has 10 heteroatoms. The van der Waals surface area contributed by atoms with Gasteiger partial charge in [0.15, 0.2) is 5.82 Å². The van der Waals surface area contributed by atoms with E-state index in [2.05, 4.69) is 26.2 Å². The highest BCUT2D eigenvalue weighted by atomic mass is 32.2. The monoisotopic (exact) mass is 416 g/mol. The van der Waals surface area contributed by atoms with Crippen molar-refractivity contribution in [1.82, 2.24) is 20.2 Å². The summed E-state index contributed by atoms with van der Waals surface area (Å²) in [4.78, 5) is 12.6. The summed E-state index contributed by atoms with van der Waals surface area (Å²) in [6.07, 6.45) is 2.14. The SMILES string of the molecule is O=C(CNc1cccc(-c2nnnn2C2CC2)c1)Nc1ccccc1SC(F)F. The van der Waals surface area contributed by atoms with Crippen molar-refractivity contribution in [1.29, 1.82) is 0 Å². The van der Waals surface area contributed by atoms with E-state index in [4.69, 9.17) is 0 Å². The van der Waals surface area contributed by atoms with E-state index in [-0.39, 0.29) is 12.5 Å². The number of alkyl halides is 2. The first-order valence-electron chi connectivity index (χ1n) is 9.06. The van der Waals surface area contributed by atoms with Gasteiger partial charge >= 0.3 is 0 Å². The molecule has 2 N–H and O–H groups in total. The largest absolute Gasteiger partial charge is 0.376 e. The van der Waals surface area contributed by atoms with E-state index in [1.165, 1.54) is 0 Å². The highest BCUT2D eigenvalue weighted by Crippen LogP contribution is 2.37. The average molecular weight is 416 g/mol. The zero-order chi connectivity index (χ0) is 20.2. The van der Waals surface area contributed by atoms with Gasteiger partial charge in [-0.3, -0.25) is 4.79 Å². The lowest BCUT2D eigenvalue weighted by Crippen LogP contribution is -2.22. The lowest BCUT2D eigenvalue weighted by Gasteiger charge is -2.12. The normalized spacial score (nSPS) is 13.5. The van der Waals surface area contributed by atoms with Gasteiger partial charge in [0.25, 0.3) is 5.76 Å². The fourth-order valence-corrected chi connectivity index (χ4v) is 3.46. The summed E-state index contributed by atoms with van der Waals surface area (Å²) in [6.45, 7) is -0.00923. The summed E-state index contributed by atoms with van der Waals surface area (Å²) >= 11 is 0.401. The number of hydrogen-bond acceptors (Lipinski definition) is 6. The van der Waals surface area contributed by atoms with E-state index >= 15 is 0 Å². The number of amides is 1. The van der Waals surface area contributed by atoms with E-state index < -0.39 is 5.76 Å². The Bertz CT molecular complexity index is 1010. The van der Waals surface area contributed by atoms with Gasteiger partial charge in [0.2, 0.25) is 5.91 Å². The third-order valence-corrected chi connectivity index (χ3v) is 5.12. The molecule has 0 aliphatic heterocycles. The van der Waals surface area contributed by atoms with Crippen LogP contribution in [0, 0.1) is 0 Å². The van der Waals surface area contributed by atoms with Crippen LogP contribution in [-0.4, -0.2) is 38.4 Å². The van der Waals surface area contributed by atoms with Gasteiger partial charge < -0.3 is 10.6 Å². The second-order valence-corrected chi connectivity index (χ2v) is 7.57. The van der Waals surface area contributed by atoms with E-state index in [9.17, 15) is 13.6 Å². The molecular weight excluding hydrogens is 398 g/mol. The molecule has 0 saturated heterocycles. The molecule has 1 aromatic heterocycles. The molecule has 1 saturated carbocycles. The number of halogens is 2. The predicted octanol–water partition coefficient (Wildman–Crippen LogP) is 4.04. The molecule has 1 aliphatic carbocycles. The van der Waals surface area contributed by atoms with Crippen LogP contribution in [0.2, 0.25) is 0 Å². The third kappa shape index (κ3) is 4.89. The average Bonchev–Trinajstić information content (AvgIpc) is 3.44. The first-order chi connectivity index (χ1) is 14.1. The van der Waals surface area contributed by atoms with Crippen molar-refractivity contribution in [2.75, 3.05) is 17.2 Å². The Morgan fingerprint density at radius 3 is 2.83 bits per heavy atom. The molecule has 0 bridgehead atoms. The maximum atomic E-state index is 12.7. The number of hydrogen-bond donors (Lipinski definition) is 2. The quantitative estimate of drug-likeness (QED) is 0.539. The standard InChI is InChI=1S/C19H18F2N6OS/c20-19(21)29-16-7-2-1-6-15(16)23-17(28)11-22-13-5-3-4-12(10-13)18-24-25-26-27(18)14-8-9-14/h1-7,10,14,19,22H,8-9,11H2,(H,23,28). The number of carbonyl (C=O) groups is 1. The van der Waals surface area contributed by atoms with E-state index in [1.807, 2.05) is 28.9 Å². The van der Waals surface area contributed by atoms with Crippen molar-refractivity contribution in [3.63, 3.8) is 0 Å². The van der Waals surface area contributed by atoms with Gasteiger partial charge in [-0.1, -0.05) is 36.0 Å². The van der Waals surface area contributed by atoms with Crippen LogP contribution < -0.4 is 10.6 Å². The number of rotatable bonds is 8. The van der Waals surface area contributed by atoms with Crippen molar-refractivity contribution in [3.8, 4) is 11.4 Å². The van der Waals surface area contributed by atoms with Crippen LogP contribution in [0.3, 0.4) is 0 Å². The second kappa shape index (κ2) is 8.56. The Kier molecular flexibility index (Phi) is 5.70. The molecule has 0 unspecified atom stereocenters. The van der Waals surface area contributed by atoms with Crippen LogP contribution in [0.1, 0.15) is 18.9 Å². The molecule has 29 heavy (non-hydrogen) atoms. The molecule has 1 amide bonds. The number of nitrogens with one attached hydrogen (secondary N) is 2. The van der Waals surface area contributed by atoms with Crippen molar-refractivity contribution >= 4 is 29.0 Å². The van der Waals surface area contributed by atoms with Crippen LogP contribution in [-0.2, 0) is 4.79 Å². The Morgan fingerprint density at radius 2 is 2.03 bits per heavy atom. The molecule has 0 radical (unpaired) electrons. The van der Waals surface area contributed by atoms with Crippen molar-refractivity contribution in [3.05, 3.63) is 48.5 Å². The number of nitrogens with zero attached hydrogens (tertiary/aromatic N) is 4. The molecule has 2 aromatic carbocycles. The van der Waals surface area contributed by atoms with Crippen LogP contribution in [0.25, 0.3) is 11.4 Å². The van der Waals surface area contributed by atoms with E-state index in [0.29, 0.717) is 34.2 Å². The number of tetrazole rings is 1. The van der Waals surface area contributed by atoms with Crippen molar-refractivity contribution in [2.24, 2.45) is 0 Å². The second-order valence-electron chi connectivity index (χ2n) is 6.54. The Hall–Kier alpha value is -3.01. The molecule has 0 spiro atoms. The van der Waals surface area contributed by atoms with Crippen LogP contribution in [0.5, 0.6) is 0 Å². The van der Waals surface area contributed by atoms with Gasteiger partial charge in [-0.05, 0) is 47.5 Å². The molecule has 1 heterocycles. The minimum absolute atomic E-state index is 0.00923. The number of aromatic nitrogens is 4. The predicted molar refractivity (Wildman–Crippen MR) is 107 cm³/mol. The van der Waals surface area contributed by atoms with E-state index in [1.54, 1.807) is 24.3 Å². The molecule has 3 aromatic rings. The Morgan fingerprint density at radius 1 is 1.21 bits per heavy atom. The summed E-state index contributed by atoms with van der Waals surface area (Å²) in [6, 6.07) is 14.3. The van der Waals surface area contributed by atoms with Gasteiger partial charge in [-0.2, -0.15) is 8.78 Å². The topological polar surface area (TPSA) is 84.7 Å². The smallest absolute Gasteiger partial charge is 0.288 e. The highest BCUT2D eigenvalue weighted by Gasteiger charge is 2.28. The summed E-state index contributed by atoms with van der Waals surface area (Å²) in [5.41, 5.74) is 1.95. The minimum Gasteiger partial charge on any atom is -0.376 e. The fraction of sp³-hybridized carbons (Fsp3) is 0.263. The number of thioether (sulfide) groups is 1. The third-order valence-electron chi connectivity index (χ3n) is 4.34. The van der Waals surface area contributed by atoms with Crippen molar-refractivity contribution < 1.29 is 13.6 Å². The molecule has 1 aliphatic rings. The van der Waals surface area contributed by atoms with Gasteiger partial charge in [0, 0.05) is 16.1 Å². The fourth-order valence-electron chi connectivity index (χ4n) is 2.86. The van der Waals surface area contributed by atoms with Gasteiger partial charge in [0.05, 0.1) is 18.3 Å². The summed E-state index contributed by atoms with van der Waals surface area (Å²) in [7, 11) is 0. The first kappa shape index (κ1) is 19.3. The first-order valence-corrected chi connectivity index (χ1v) is 9.94. The molecular formula is C19H18F2N6OS. The highest BCUT2D eigenvalue weighted by molar-refractivity contribution is 7.99. The molecule has 4 rings (SSSR count). The van der Waals surface area contributed by atoms with Crippen LogP contribution in [0.15, 0.2) is 53.4 Å². The van der Waals surface area contributed by atoms with Gasteiger partial charge in [0.1, 0.15) is 0 Å². The van der Waals surface area contributed by atoms with E-state index in [0.717, 1.165) is 24.1 Å². The maximum Gasteiger partial charge on any atom is 0.288 e.